The molecule has 0 aromatic rings. The van der Waals surface area contributed by atoms with Crippen molar-refractivity contribution in [3.05, 3.63) is 0 Å². The van der Waals surface area contributed by atoms with Crippen molar-refractivity contribution in [3.8, 4) is 0 Å². The maximum atomic E-state index is 4.05. The molecule has 15 heavy (non-hydrogen) atoms. The Balaban J connectivity index is 1.53. The molecule has 1 heteroatoms. The monoisotopic (exact) mass is 201 g/mol. The second-order valence-corrected chi connectivity index (χ2v) is 7.62. The normalized spacial score (nSPS) is 80.0. The topological polar surface area (TPSA) is 12.0 Å². The minimum atomic E-state index is 0.937. The molecule has 2 aliphatic heterocycles. The molecule has 0 amide bonds. The van der Waals surface area contributed by atoms with E-state index in [2.05, 4.69) is 5.32 Å². The fourth-order valence-electron chi connectivity index (χ4n) is 7.32. The van der Waals surface area contributed by atoms with Gasteiger partial charge >= 0.3 is 0 Å². The van der Waals surface area contributed by atoms with Gasteiger partial charge in [-0.05, 0) is 73.0 Å². The molecule has 7 aliphatic rings. The van der Waals surface area contributed by atoms with Crippen LogP contribution in [-0.4, -0.2) is 12.1 Å². The average Bonchev–Trinajstić information content (AvgIpc) is 2.33. The second-order valence-electron chi connectivity index (χ2n) is 7.62. The first-order valence-electron chi connectivity index (χ1n) is 7.13. The van der Waals surface area contributed by atoms with E-state index in [0.29, 0.717) is 0 Å². The summed E-state index contributed by atoms with van der Waals surface area (Å²) in [6.07, 6.45) is 8.00. The standard InChI is InChI=1S/C14H19N/c1-6-2-11-12(6)9(1)14-4-7-3-10(15-11)8(5-14)13(7)14/h6-13,15H,1-5H2/t6-,7-,8?,9+,10?,11?,12?,13?,14?/m1/s1. The van der Waals surface area contributed by atoms with Crippen LogP contribution in [0.15, 0.2) is 0 Å². The van der Waals surface area contributed by atoms with Crippen molar-refractivity contribution in [1.29, 1.82) is 0 Å². The lowest BCUT2D eigenvalue weighted by molar-refractivity contribution is -0.271. The smallest absolute Gasteiger partial charge is 0.0106 e. The fraction of sp³-hybridized carbons (Fsp3) is 1.00. The van der Waals surface area contributed by atoms with Crippen LogP contribution in [0.3, 0.4) is 0 Å². The van der Waals surface area contributed by atoms with E-state index >= 15 is 0 Å². The molecule has 6 unspecified atom stereocenters. The summed E-state index contributed by atoms with van der Waals surface area (Å²) in [6, 6.07) is 1.93. The highest BCUT2D eigenvalue weighted by Gasteiger charge is 2.78. The van der Waals surface area contributed by atoms with Gasteiger partial charge in [-0.25, -0.2) is 0 Å². The molecule has 0 aromatic heterocycles. The van der Waals surface area contributed by atoms with E-state index in [1.165, 1.54) is 18.3 Å². The van der Waals surface area contributed by atoms with Crippen LogP contribution >= 0.6 is 0 Å². The van der Waals surface area contributed by atoms with Crippen molar-refractivity contribution in [2.24, 2.45) is 40.9 Å². The summed E-state index contributed by atoms with van der Waals surface area (Å²) in [6.45, 7) is 0. The first kappa shape index (κ1) is 7.32. The third-order valence-corrected chi connectivity index (χ3v) is 7.72. The number of hydrogen-bond acceptors (Lipinski definition) is 1. The lowest BCUT2D eigenvalue weighted by Gasteiger charge is -2.76. The lowest BCUT2D eigenvalue weighted by atomic mass is 9.30. The third kappa shape index (κ3) is 0.520. The summed E-state index contributed by atoms with van der Waals surface area (Å²) in [5.41, 5.74) is 0.937. The molecule has 7 fully saturated rings. The Bertz CT molecular complexity index is 378. The van der Waals surface area contributed by atoms with Crippen LogP contribution < -0.4 is 5.32 Å². The predicted molar refractivity (Wildman–Crippen MR) is 57.2 cm³/mol. The number of nitrogens with one attached hydrogen (secondary N) is 1. The molecule has 9 atom stereocenters. The van der Waals surface area contributed by atoms with Gasteiger partial charge in [0.25, 0.3) is 0 Å². The minimum absolute atomic E-state index is 0.937. The van der Waals surface area contributed by atoms with Gasteiger partial charge in [0.15, 0.2) is 0 Å². The Morgan fingerprint density at radius 2 is 1.87 bits per heavy atom. The van der Waals surface area contributed by atoms with Gasteiger partial charge in [0.05, 0.1) is 0 Å². The van der Waals surface area contributed by atoms with Crippen molar-refractivity contribution >= 4 is 0 Å². The van der Waals surface area contributed by atoms with Gasteiger partial charge < -0.3 is 5.32 Å². The van der Waals surface area contributed by atoms with Crippen molar-refractivity contribution < 1.29 is 0 Å². The van der Waals surface area contributed by atoms with Crippen LogP contribution in [0.4, 0.5) is 0 Å². The molecule has 1 nitrogen and oxygen atoms in total. The first-order chi connectivity index (χ1) is 7.37. The highest BCUT2D eigenvalue weighted by Crippen LogP contribution is 2.81. The fourth-order valence-corrected chi connectivity index (χ4v) is 7.32. The third-order valence-electron chi connectivity index (χ3n) is 7.72. The van der Waals surface area contributed by atoms with Crippen LogP contribution in [0, 0.1) is 40.9 Å². The van der Waals surface area contributed by atoms with Crippen LogP contribution in [0.5, 0.6) is 0 Å². The van der Waals surface area contributed by atoms with Gasteiger partial charge in [-0.2, -0.15) is 0 Å². The molecule has 5 aliphatic carbocycles. The van der Waals surface area contributed by atoms with Crippen molar-refractivity contribution in [3.63, 3.8) is 0 Å². The summed E-state index contributed by atoms with van der Waals surface area (Å²) >= 11 is 0. The molecule has 7 rings (SSSR count). The van der Waals surface area contributed by atoms with E-state index < -0.39 is 0 Å². The van der Waals surface area contributed by atoms with E-state index in [-0.39, 0.29) is 0 Å². The maximum Gasteiger partial charge on any atom is 0.0106 e. The van der Waals surface area contributed by atoms with Crippen LogP contribution in [0.2, 0.25) is 0 Å². The summed E-state index contributed by atoms with van der Waals surface area (Å²) in [5, 5.41) is 4.05. The highest BCUT2D eigenvalue weighted by atomic mass is 15.1. The van der Waals surface area contributed by atoms with Gasteiger partial charge in [0.1, 0.15) is 0 Å². The lowest BCUT2D eigenvalue weighted by Crippen LogP contribution is -2.75. The van der Waals surface area contributed by atoms with Gasteiger partial charge in [-0.1, -0.05) is 0 Å². The molecule has 2 heterocycles. The molecule has 2 saturated heterocycles. The molecule has 0 radical (unpaired) electrons. The summed E-state index contributed by atoms with van der Waals surface area (Å²) in [5.74, 6) is 7.00. The number of rotatable bonds is 0. The quantitative estimate of drug-likeness (QED) is 0.632. The minimum Gasteiger partial charge on any atom is -0.311 e. The van der Waals surface area contributed by atoms with Gasteiger partial charge in [0.2, 0.25) is 0 Å². The molecule has 80 valence electrons. The highest BCUT2D eigenvalue weighted by molar-refractivity contribution is 5.28. The molecule has 1 N–H and O–H groups in total. The Labute approximate surface area is 91.0 Å². The molecule has 0 aromatic carbocycles. The maximum absolute atomic E-state index is 4.05. The van der Waals surface area contributed by atoms with Crippen molar-refractivity contribution in [1.82, 2.24) is 5.32 Å². The molecule has 5 saturated carbocycles. The van der Waals surface area contributed by atoms with Crippen LogP contribution in [-0.2, 0) is 0 Å². The number of hydrogen-bond donors (Lipinski definition) is 1. The van der Waals surface area contributed by atoms with E-state index in [9.17, 15) is 0 Å². The summed E-state index contributed by atoms with van der Waals surface area (Å²) in [4.78, 5) is 0. The van der Waals surface area contributed by atoms with E-state index in [1.807, 2.05) is 0 Å². The zero-order valence-electron chi connectivity index (χ0n) is 9.15. The molecular weight excluding hydrogens is 182 g/mol. The zero-order chi connectivity index (χ0) is 9.36. The first-order valence-corrected chi connectivity index (χ1v) is 7.13. The molecular formula is C14H19N. The van der Waals surface area contributed by atoms with E-state index in [4.69, 9.17) is 0 Å². The SMILES string of the molecule is C1C2NC3C[C@@H]4CC5(CC3C45)[C@H]3C[C@H]1C23. The molecule has 1 spiro atoms. The Hall–Kier alpha value is -0.0400. The van der Waals surface area contributed by atoms with Crippen molar-refractivity contribution in [2.45, 2.75) is 44.2 Å². The predicted octanol–water partition coefficient (Wildman–Crippen LogP) is 2.03. The largest absolute Gasteiger partial charge is 0.311 e. The van der Waals surface area contributed by atoms with Crippen molar-refractivity contribution in [2.75, 3.05) is 0 Å². The van der Waals surface area contributed by atoms with Gasteiger partial charge in [-0.15, -0.1) is 0 Å². The summed E-state index contributed by atoms with van der Waals surface area (Å²) in [7, 11) is 0. The van der Waals surface area contributed by atoms with Crippen LogP contribution in [0.1, 0.15) is 32.1 Å². The van der Waals surface area contributed by atoms with Gasteiger partial charge in [-0.3, -0.25) is 0 Å². The Kier molecular flexibility index (Phi) is 0.885. The van der Waals surface area contributed by atoms with Crippen LogP contribution in [0.25, 0.3) is 0 Å². The van der Waals surface area contributed by atoms with E-state index in [0.717, 1.165) is 41.2 Å². The average molecular weight is 201 g/mol. The Morgan fingerprint density at radius 1 is 0.933 bits per heavy atom. The second kappa shape index (κ2) is 1.81. The van der Waals surface area contributed by atoms with E-state index in [1.54, 1.807) is 25.7 Å². The van der Waals surface area contributed by atoms with Gasteiger partial charge in [0, 0.05) is 12.1 Å². The molecule has 4 bridgehead atoms. The Morgan fingerprint density at radius 3 is 2.80 bits per heavy atom. The summed E-state index contributed by atoms with van der Waals surface area (Å²) < 4.78 is 0. The zero-order valence-corrected chi connectivity index (χ0v) is 9.15.